The van der Waals surface area contributed by atoms with Crippen molar-refractivity contribution in [1.29, 1.82) is 0 Å². The minimum atomic E-state index is -1.28. The maximum Gasteiger partial charge on any atom is 0.331 e. The van der Waals surface area contributed by atoms with Crippen LogP contribution in [0.1, 0.15) is 12.5 Å². The summed E-state index contributed by atoms with van der Waals surface area (Å²) in [6.07, 6.45) is 1.10. The minimum absolute atomic E-state index is 0.336. The lowest BCUT2D eigenvalue weighted by molar-refractivity contribution is -0.148. The number of para-hydroxylation sites is 1. The van der Waals surface area contributed by atoms with E-state index in [1.54, 1.807) is 18.2 Å². The molecule has 0 bridgehead atoms. The Morgan fingerprint density at radius 3 is 2.19 bits per heavy atom. The molecule has 1 atom stereocenters. The van der Waals surface area contributed by atoms with Crippen LogP contribution < -0.4 is 5.32 Å². The number of nitrogens with one attached hydrogen (secondary N) is 1. The van der Waals surface area contributed by atoms with Gasteiger partial charge in [0.1, 0.15) is 17.3 Å². The number of ether oxygens (including phenoxy) is 1. The van der Waals surface area contributed by atoms with Crippen molar-refractivity contribution in [2.45, 2.75) is 13.0 Å². The van der Waals surface area contributed by atoms with E-state index in [0.717, 1.165) is 24.3 Å². The normalized spacial score (nSPS) is 12.0. The molecule has 0 spiro atoms. The van der Waals surface area contributed by atoms with Crippen LogP contribution in [0.5, 0.6) is 0 Å². The standard InChI is InChI=1S/C18H13Cl2F2NO3/c1-10(18(25)23-17-14(21)6-3-7-15(17)22)26-16(24)9-8-11-12(19)4-2-5-13(11)20/h2-10H,1H3,(H,23,25)/b9-8+/t10-/m0/s1. The Morgan fingerprint density at radius 1 is 1.08 bits per heavy atom. The van der Waals surface area contributed by atoms with Gasteiger partial charge in [0.05, 0.1) is 0 Å². The third-order valence-electron chi connectivity index (χ3n) is 3.26. The summed E-state index contributed by atoms with van der Waals surface area (Å²) >= 11 is 11.9. The third-order valence-corrected chi connectivity index (χ3v) is 3.92. The highest BCUT2D eigenvalue weighted by Crippen LogP contribution is 2.25. The van der Waals surface area contributed by atoms with Crippen LogP contribution in [-0.2, 0) is 14.3 Å². The van der Waals surface area contributed by atoms with Gasteiger partial charge in [-0.25, -0.2) is 13.6 Å². The molecule has 0 aromatic heterocycles. The zero-order chi connectivity index (χ0) is 19.3. The molecule has 4 nitrogen and oxygen atoms in total. The zero-order valence-electron chi connectivity index (χ0n) is 13.4. The van der Waals surface area contributed by atoms with E-state index in [-0.39, 0.29) is 0 Å². The Kier molecular flexibility index (Phi) is 6.71. The molecule has 136 valence electrons. The Bertz CT molecular complexity index is 831. The molecule has 1 N–H and O–H groups in total. The van der Waals surface area contributed by atoms with Crippen molar-refractivity contribution in [1.82, 2.24) is 0 Å². The van der Waals surface area contributed by atoms with E-state index in [4.69, 9.17) is 27.9 Å². The summed E-state index contributed by atoms with van der Waals surface area (Å²) in [6, 6.07) is 7.98. The van der Waals surface area contributed by atoms with Gasteiger partial charge in [-0.2, -0.15) is 0 Å². The maximum absolute atomic E-state index is 13.5. The van der Waals surface area contributed by atoms with Crippen LogP contribution in [-0.4, -0.2) is 18.0 Å². The smallest absolute Gasteiger partial charge is 0.331 e. The van der Waals surface area contributed by atoms with Gasteiger partial charge in [-0.1, -0.05) is 35.3 Å². The molecule has 8 heteroatoms. The van der Waals surface area contributed by atoms with E-state index >= 15 is 0 Å². The number of hydrogen-bond donors (Lipinski definition) is 1. The van der Waals surface area contributed by atoms with Crippen molar-refractivity contribution >= 4 is 46.8 Å². The summed E-state index contributed by atoms with van der Waals surface area (Å²) in [5.74, 6) is -3.61. The lowest BCUT2D eigenvalue weighted by Crippen LogP contribution is -2.30. The quantitative estimate of drug-likeness (QED) is 0.577. The van der Waals surface area contributed by atoms with Gasteiger partial charge < -0.3 is 10.1 Å². The second-order valence-electron chi connectivity index (χ2n) is 5.13. The van der Waals surface area contributed by atoms with E-state index in [1.807, 2.05) is 5.32 Å². The number of rotatable bonds is 5. The van der Waals surface area contributed by atoms with Gasteiger partial charge in [-0.3, -0.25) is 4.79 Å². The number of hydrogen-bond acceptors (Lipinski definition) is 3. The average molecular weight is 400 g/mol. The fourth-order valence-electron chi connectivity index (χ4n) is 1.93. The van der Waals surface area contributed by atoms with Crippen LogP contribution in [0.3, 0.4) is 0 Å². The van der Waals surface area contributed by atoms with E-state index in [1.165, 1.54) is 13.0 Å². The first kappa shape index (κ1) is 19.9. The van der Waals surface area contributed by atoms with E-state index in [2.05, 4.69) is 0 Å². The Balaban J connectivity index is 2.00. The fourth-order valence-corrected chi connectivity index (χ4v) is 2.45. The SMILES string of the molecule is C[C@H](OC(=O)/C=C/c1c(Cl)cccc1Cl)C(=O)Nc1c(F)cccc1F. The lowest BCUT2D eigenvalue weighted by Gasteiger charge is -2.13. The van der Waals surface area contributed by atoms with Crippen LogP contribution in [0.25, 0.3) is 6.08 Å². The molecule has 0 aliphatic rings. The van der Waals surface area contributed by atoms with E-state index < -0.39 is 35.3 Å². The highest BCUT2D eigenvalue weighted by atomic mass is 35.5. The minimum Gasteiger partial charge on any atom is -0.449 e. The number of amides is 1. The number of carbonyl (C=O) groups is 2. The van der Waals surface area contributed by atoms with Crippen LogP contribution in [0, 0.1) is 11.6 Å². The molecule has 0 aliphatic carbocycles. The number of benzene rings is 2. The topological polar surface area (TPSA) is 55.4 Å². The number of halogens is 4. The van der Waals surface area contributed by atoms with Gasteiger partial charge in [0.2, 0.25) is 0 Å². The second kappa shape index (κ2) is 8.78. The van der Waals surface area contributed by atoms with Crippen molar-refractivity contribution < 1.29 is 23.1 Å². The van der Waals surface area contributed by atoms with E-state index in [9.17, 15) is 18.4 Å². The predicted octanol–water partition coefficient (Wildman–Crippen LogP) is 4.86. The van der Waals surface area contributed by atoms with Crippen molar-refractivity contribution in [3.8, 4) is 0 Å². The highest BCUT2D eigenvalue weighted by Gasteiger charge is 2.20. The summed E-state index contributed by atoms with van der Waals surface area (Å²) in [6.45, 7) is 1.27. The molecular weight excluding hydrogens is 387 g/mol. The molecule has 0 saturated carbocycles. The first-order valence-corrected chi connectivity index (χ1v) is 8.12. The molecule has 0 aliphatic heterocycles. The lowest BCUT2D eigenvalue weighted by atomic mass is 10.2. The van der Waals surface area contributed by atoms with Crippen LogP contribution in [0.2, 0.25) is 10.0 Å². The van der Waals surface area contributed by atoms with Crippen LogP contribution >= 0.6 is 23.2 Å². The molecule has 0 radical (unpaired) electrons. The van der Waals surface area contributed by atoms with Gasteiger partial charge in [0.15, 0.2) is 6.10 Å². The number of carbonyl (C=O) groups excluding carboxylic acids is 2. The predicted molar refractivity (Wildman–Crippen MR) is 96.0 cm³/mol. The number of anilines is 1. The van der Waals surface area contributed by atoms with Crippen molar-refractivity contribution in [2.75, 3.05) is 5.32 Å². The molecular formula is C18H13Cl2F2NO3. The molecule has 1 amide bonds. The summed E-state index contributed by atoms with van der Waals surface area (Å²) < 4.78 is 31.9. The van der Waals surface area contributed by atoms with Crippen molar-refractivity contribution in [3.05, 3.63) is 69.7 Å². The molecule has 0 unspecified atom stereocenters. The van der Waals surface area contributed by atoms with Gasteiger partial charge in [0.25, 0.3) is 5.91 Å². The molecule has 0 heterocycles. The van der Waals surface area contributed by atoms with Gasteiger partial charge in [-0.05, 0) is 37.3 Å². The highest BCUT2D eigenvalue weighted by molar-refractivity contribution is 6.37. The zero-order valence-corrected chi connectivity index (χ0v) is 14.9. The Labute approximate surface area is 158 Å². The monoisotopic (exact) mass is 399 g/mol. The molecule has 0 fully saturated rings. The summed E-state index contributed by atoms with van der Waals surface area (Å²) in [5.41, 5.74) is -0.197. The molecule has 2 rings (SSSR count). The summed E-state index contributed by atoms with van der Waals surface area (Å²) in [5, 5.41) is 2.71. The Morgan fingerprint density at radius 2 is 1.62 bits per heavy atom. The molecule has 26 heavy (non-hydrogen) atoms. The first-order chi connectivity index (χ1) is 12.3. The summed E-state index contributed by atoms with van der Waals surface area (Å²) in [7, 11) is 0. The van der Waals surface area contributed by atoms with Gasteiger partial charge in [0, 0.05) is 21.7 Å². The van der Waals surface area contributed by atoms with Gasteiger partial charge in [-0.15, -0.1) is 0 Å². The molecule has 2 aromatic rings. The fraction of sp³-hybridized carbons (Fsp3) is 0.111. The van der Waals surface area contributed by atoms with Crippen molar-refractivity contribution in [2.24, 2.45) is 0 Å². The first-order valence-electron chi connectivity index (χ1n) is 7.37. The number of esters is 1. The second-order valence-corrected chi connectivity index (χ2v) is 5.95. The van der Waals surface area contributed by atoms with Crippen LogP contribution in [0.15, 0.2) is 42.5 Å². The third kappa shape index (κ3) is 5.03. The molecule has 0 saturated heterocycles. The van der Waals surface area contributed by atoms with Gasteiger partial charge >= 0.3 is 5.97 Å². The summed E-state index contributed by atoms with van der Waals surface area (Å²) in [4.78, 5) is 23.8. The van der Waals surface area contributed by atoms with Crippen molar-refractivity contribution in [3.63, 3.8) is 0 Å². The average Bonchev–Trinajstić information content (AvgIpc) is 2.57. The molecule has 2 aromatic carbocycles. The van der Waals surface area contributed by atoms with E-state index in [0.29, 0.717) is 15.6 Å². The van der Waals surface area contributed by atoms with Crippen LogP contribution in [0.4, 0.5) is 14.5 Å². The largest absolute Gasteiger partial charge is 0.449 e. The maximum atomic E-state index is 13.5. The Hall–Kier alpha value is -2.44.